The molecule has 152 valence electrons. The molecule has 0 radical (unpaired) electrons. The number of rotatable bonds is 4. The summed E-state index contributed by atoms with van der Waals surface area (Å²) in [5.74, 6) is -0.821. The van der Waals surface area contributed by atoms with E-state index in [9.17, 15) is 23.2 Å². The summed E-state index contributed by atoms with van der Waals surface area (Å²) in [4.78, 5) is 0. The van der Waals surface area contributed by atoms with Crippen LogP contribution in [0.15, 0.2) is 54.6 Å². The number of para-hydroxylation sites is 1. The summed E-state index contributed by atoms with van der Waals surface area (Å²) >= 11 is 24.5. The van der Waals surface area contributed by atoms with Gasteiger partial charge in [-0.2, -0.15) is 8.42 Å². The Bertz CT molecular complexity index is 1190. The molecule has 3 N–H and O–H groups in total. The maximum atomic E-state index is 13.0. The molecule has 1 unspecified atom stereocenters. The van der Waals surface area contributed by atoms with E-state index in [1.165, 1.54) is 48.5 Å². The number of halogens is 4. The summed E-state index contributed by atoms with van der Waals surface area (Å²) in [6, 6.07) is 11.3. The second-order valence-electron chi connectivity index (χ2n) is 6.12. The van der Waals surface area contributed by atoms with Gasteiger partial charge in [-0.1, -0.05) is 64.6 Å². The lowest BCUT2D eigenvalue weighted by atomic mass is 9.83. The maximum Gasteiger partial charge on any atom is 0.283 e. The van der Waals surface area contributed by atoms with Gasteiger partial charge < -0.3 is 10.2 Å². The van der Waals surface area contributed by atoms with Crippen LogP contribution in [0.3, 0.4) is 0 Å². The van der Waals surface area contributed by atoms with Crippen molar-refractivity contribution in [2.45, 2.75) is 4.75 Å². The Balaban J connectivity index is 2.63. The van der Waals surface area contributed by atoms with Crippen molar-refractivity contribution in [1.82, 2.24) is 0 Å². The van der Waals surface area contributed by atoms with Gasteiger partial charge in [-0.25, -0.2) is 0 Å². The van der Waals surface area contributed by atoms with Crippen LogP contribution in [-0.2, 0) is 14.9 Å². The zero-order valence-electron chi connectivity index (χ0n) is 14.3. The third kappa shape index (κ3) is 3.77. The average Bonchev–Trinajstić information content (AvgIpc) is 2.59. The molecule has 1 atom stereocenters. The lowest BCUT2D eigenvalue weighted by molar-refractivity contribution is 0.439. The van der Waals surface area contributed by atoms with Gasteiger partial charge in [-0.3, -0.25) is 4.55 Å². The predicted octanol–water partition coefficient (Wildman–Crippen LogP) is 5.89. The van der Waals surface area contributed by atoms with Crippen LogP contribution in [0.4, 0.5) is 0 Å². The van der Waals surface area contributed by atoms with Crippen molar-refractivity contribution in [3.63, 3.8) is 0 Å². The fraction of sp³-hybridized carbons (Fsp3) is 0.0526. The maximum absolute atomic E-state index is 13.0. The van der Waals surface area contributed by atoms with E-state index in [0.29, 0.717) is 0 Å². The minimum absolute atomic E-state index is 0.0142. The molecule has 3 aromatic carbocycles. The number of benzene rings is 3. The molecule has 0 heterocycles. The third-order valence-corrected chi connectivity index (χ3v) is 7.05. The lowest BCUT2D eigenvalue weighted by Gasteiger charge is -2.34. The van der Waals surface area contributed by atoms with E-state index in [0.717, 1.165) is 6.07 Å². The number of phenolic OH excluding ortho intramolecular Hbond substituents is 2. The van der Waals surface area contributed by atoms with Gasteiger partial charge in [0, 0.05) is 21.2 Å². The van der Waals surface area contributed by atoms with E-state index in [1.807, 2.05) is 0 Å². The molecule has 0 aromatic heterocycles. The summed E-state index contributed by atoms with van der Waals surface area (Å²) < 4.78 is 33.9. The molecule has 0 aliphatic carbocycles. The summed E-state index contributed by atoms with van der Waals surface area (Å²) in [6.45, 7) is 0. The van der Waals surface area contributed by atoms with Gasteiger partial charge in [0.1, 0.15) is 11.5 Å². The molecule has 0 bridgehead atoms. The van der Waals surface area contributed by atoms with Gasteiger partial charge in [-0.05, 0) is 42.0 Å². The highest BCUT2D eigenvalue weighted by atomic mass is 35.5. The Labute approximate surface area is 186 Å². The predicted molar refractivity (Wildman–Crippen MR) is 114 cm³/mol. The molecule has 0 aliphatic rings. The molecule has 0 saturated carbocycles. The van der Waals surface area contributed by atoms with Gasteiger partial charge in [0.05, 0.1) is 10.0 Å². The van der Waals surface area contributed by atoms with Crippen LogP contribution in [0.1, 0.15) is 16.7 Å². The van der Waals surface area contributed by atoms with E-state index in [-0.39, 0.29) is 42.5 Å². The van der Waals surface area contributed by atoms with E-state index < -0.39 is 20.6 Å². The first-order chi connectivity index (χ1) is 13.5. The molecule has 0 saturated heterocycles. The Morgan fingerprint density at radius 3 is 1.97 bits per heavy atom. The average molecular weight is 494 g/mol. The number of hydrogen-bond donors (Lipinski definition) is 3. The van der Waals surface area contributed by atoms with Crippen molar-refractivity contribution < 1.29 is 23.2 Å². The SMILES string of the molecule is O=S(=O)(O)C(c1cc(O)cc(Cl)c1)(c1ccccc1O)c1cc(Cl)c(Cl)cc1Cl. The standard InChI is InChI=1S/C19H12Cl4O5S/c20-11-5-10(6-12(24)7-11)19(29(26,27)28,13-3-1-2-4-18(13)25)14-8-16(22)17(23)9-15(14)21/h1-9,24-25H,(H,26,27,28). The molecule has 5 nitrogen and oxygen atoms in total. The van der Waals surface area contributed by atoms with E-state index in [1.54, 1.807) is 0 Å². The Hall–Kier alpha value is -1.67. The quantitative estimate of drug-likeness (QED) is 0.239. The lowest BCUT2D eigenvalue weighted by Crippen LogP contribution is -2.38. The highest BCUT2D eigenvalue weighted by molar-refractivity contribution is 7.87. The fourth-order valence-corrected chi connectivity index (χ4v) is 5.51. The zero-order valence-corrected chi connectivity index (χ0v) is 18.1. The second kappa shape index (κ2) is 7.87. The summed E-state index contributed by atoms with van der Waals surface area (Å²) in [6.07, 6.45) is 0. The molecule has 29 heavy (non-hydrogen) atoms. The van der Waals surface area contributed by atoms with E-state index in [2.05, 4.69) is 0 Å². The fourth-order valence-electron chi connectivity index (χ4n) is 3.22. The van der Waals surface area contributed by atoms with Crippen molar-refractivity contribution in [2.75, 3.05) is 0 Å². The molecule has 3 rings (SSSR count). The monoisotopic (exact) mass is 492 g/mol. The third-order valence-electron chi connectivity index (χ3n) is 4.35. The van der Waals surface area contributed by atoms with Crippen LogP contribution in [0, 0.1) is 0 Å². The van der Waals surface area contributed by atoms with Gasteiger partial charge in [-0.15, -0.1) is 0 Å². The van der Waals surface area contributed by atoms with Crippen LogP contribution in [0.2, 0.25) is 20.1 Å². The Morgan fingerprint density at radius 2 is 1.38 bits per heavy atom. The van der Waals surface area contributed by atoms with Crippen molar-refractivity contribution in [2.24, 2.45) is 0 Å². The molecular weight excluding hydrogens is 482 g/mol. The summed E-state index contributed by atoms with van der Waals surface area (Å²) in [5, 5.41) is 20.4. The largest absolute Gasteiger partial charge is 0.508 e. The van der Waals surface area contributed by atoms with Gasteiger partial charge in [0.15, 0.2) is 4.75 Å². The van der Waals surface area contributed by atoms with Crippen LogP contribution in [-0.4, -0.2) is 23.2 Å². The molecule has 0 spiro atoms. The summed E-state index contributed by atoms with van der Waals surface area (Å²) in [5.41, 5.74) is -0.601. The minimum Gasteiger partial charge on any atom is -0.508 e. The first kappa shape index (κ1) is 22.0. The van der Waals surface area contributed by atoms with E-state index >= 15 is 0 Å². The van der Waals surface area contributed by atoms with Crippen LogP contribution < -0.4 is 0 Å². The van der Waals surface area contributed by atoms with Crippen molar-refractivity contribution in [3.05, 3.63) is 91.4 Å². The molecule has 0 fully saturated rings. The van der Waals surface area contributed by atoms with Crippen molar-refractivity contribution >= 4 is 56.5 Å². The number of phenols is 2. The van der Waals surface area contributed by atoms with Crippen LogP contribution in [0.25, 0.3) is 0 Å². The Kier molecular flexibility index (Phi) is 5.98. The number of aromatic hydroxyl groups is 2. The van der Waals surface area contributed by atoms with Gasteiger partial charge >= 0.3 is 0 Å². The Morgan fingerprint density at radius 1 is 0.759 bits per heavy atom. The van der Waals surface area contributed by atoms with Crippen LogP contribution >= 0.6 is 46.4 Å². The molecule has 0 amide bonds. The van der Waals surface area contributed by atoms with Crippen molar-refractivity contribution in [3.8, 4) is 11.5 Å². The second-order valence-corrected chi connectivity index (χ2v) is 9.34. The summed E-state index contributed by atoms with van der Waals surface area (Å²) in [7, 11) is -5.11. The van der Waals surface area contributed by atoms with Gasteiger partial charge in [0.25, 0.3) is 10.1 Å². The minimum atomic E-state index is -5.11. The topological polar surface area (TPSA) is 94.8 Å². The first-order valence-electron chi connectivity index (χ1n) is 7.89. The zero-order chi connectivity index (χ0) is 21.6. The molecule has 10 heteroatoms. The number of hydrogen-bond acceptors (Lipinski definition) is 4. The normalized spacial score (nSPS) is 13.8. The molecule has 0 aliphatic heterocycles. The molecule has 3 aromatic rings. The smallest absolute Gasteiger partial charge is 0.283 e. The van der Waals surface area contributed by atoms with Gasteiger partial charge in [0.2, 0.25) is 0 Å². The van der Waals surface area contributed by atoms with Crippen molar-refractivity contribution in [1.29, 1.82) is 0 Å². The highest BCUT2D eigenvalue weighted by Crippen LogP contribution is 2.51. The first-order valence-corrected chi connectivity index (χ1v) is 10.8. The van der Waals surface area contributed by atoms with Crippen LogP contribution in [0.5, 0.6) is 11.5 Å². The molecular formula is C19H12Cl4O5S. The highest BCUT2D eigenvalue weighted by Gasteiger charge is 2.51. The van der Waals surface area contributed by atoms with E-state index in [4.69, 9.17) is 46.4 Å².